The third kappa shape index (κ3) is 3.83. The number of aliphatic hydroxyl groups excluding tert-OH is 1. The van der Waals surface area contributed by atoms with Gasteiger partial charge in [-0.05, 0) is 29.8 Å². The van der Waals surface area contributed by atoms with E-state index in [1.54, 1.807) is 6.20 Å². The highest BCUT2D eigenvalue weighted by Gasteiger charge is 2.21. The van der Waals surface area contributed by atoms with E-state index in [-0.39, 0.29) is 0 Å². The molecule has 0 spiro atoms. The van der Waals surface area contributed by atoms with Crippen molar-refractivity contribution in [2.45, 2.75) is 6.10 Å². The van der Waals surface area contributed by atoms with Crippen molar-refractivity contribution in [2.24, 2.45) is 0 Å². The first-order valence-corrected chi connectivity index (χ1v) is 7.65. The third-order valence-electron chi connectivity index (χ3n) is 4.11. The maximum absolute atomic E-state index is 13.2. The summed E-state index contributed by atoms with van der Waals surface area (Å²) >= 11 is 0. The van der Waals surface area contributed by atoms with Gasteiger partial charge in [0.1, 0.15) is 5.82 Å². The second kappa shape index (κ2) is 7.02. The highest BCUT2D eigenvalue weighted by molar-refractivity contribution is 5.38. The number of piperazine rings is 1. The zero-order chi connectivity index (χ0) is 16.2. The molecule has 1 saturated heterocycles. The van der Waals surface area contributed by atoms with Gasteiger partial charge in [0.25, 0.3) is 0 Å². The van der Waals surface area contributed by atoms with Crippen LogP contribution in [0.15, 0.2) is 42.6 Å². The van der Waals surface area contributed by atoms with E-state index in [9.17, 15) is 13.9 Å². The summed E-state index contributed by atoms with van der Waals surface area (Å²) in [6.45, 7) is 3.62. The number of hydrogen-bond acceptors (Lipinski definition) is 4. The van der Waals surface area contributed by atoms with Crippen LogP contribution >= 0.6 is 0 Å². The Morgan fingerprint density at radius 3 is 2.48 bits per heavy atom. The lowest BCUT2D eigenvalue weighted by atomic mass is 10.1. The molecule has 1 fully saturated rings. The fourth-order valence-corrected chi connectivity index (χ4v) is 2.77. The SMILES string of the molecule is OC(CN1CCN(c2ccccn2)CC1)c1ccc(F)c(F)c1. The number of benzene rings is 1. The van der Waals surface area contributed by atoms with E-state index in [2.05, 4.69) is 14.8 Å². The topological polar surface area (TPSA) is 39.6 Å². The summed E-state index contributed by atoms with van der Waals surface area (Å²) in [4.78, 5) is 8.65. The van der Waals surface area contributed by atoms with Gasteiger partial charge in [0, 0.05) is 38.9 Å². The van der Waals surface area contributed by atoms with Gasteiger partial charge in [-0.25, -0.2) is 13.8 Å². The Hall–Kier alpha value is -2.05. The standard InChI is InChI=1S/C17H19F2N3O/c18-14-5-4-13(11-15(14)19)16(23)12-21-7-9-22(10-8-21)17-3-1-2-6-20-17/h1-6,11,16,23H,7-10,12H2. The number of aliphatic hydroxyl groups is 1. The molecule has 1 atom stereocenters. The van der Waals surface area contributed by atoms with Crippen LogP contribution in [0.25, 0.3) is 0 Å². The average molecular weight is 319 g/mol. The molecule has 6 heteroatoms. The van der Waals surface area contributed by atoms with Gasteiger partial charge in [-0.1, -0.05) is 12.1 Å². The van der Waals surface area contributed by atoms with Gasteiger partial charge in [0.15, 0.2) is 11.6 Å². The Kier molecular flexibility index (Phi) is 4.83. The molecule has 0 bridgehead atoms. The zero-order valence-corrected chi connectivity index (χ0v) is 12.7. The molecule has 0 amide bonds. The van der Waals surface area contributed by atoms with E-state index in [1.807, 2.05) is 18.2 Å². The summed E-state index contributed by atoms with van der Waals surface area (Å²) < 4.78 is 26.2. The van der Waals surface area contributed by atoms with Gasteiger partial charge in [-0.3, -0.25) is 4.90 Å². The Balaban J connectivity index is 1.55. The molecule has 2 aromatic rings. The summed E-state index contributed by atoms with van der Waals surface area (Å²) in [5.74, 6) is -0.875. The number of β-amino-alcohol motifs (C(OH)–C–C–N with tert-alkyl or cyclic N) is 1. The number of hydrogen-bond donors (Lipinski definition) is 1. The van der Waals surface area contributed by atoms with Crippen LogP contribution in [0.4, 0.5) is 14.6 Å². The molecule has 1 aromatic carbocycles. The van der Waals surface area contributed by atoms with E-state index in [0.717, 1.165) is 44.1 Å². The predicted molar refractivity (Wildman–Crippen MR) is 84.2 cm³/mol. The van der Waals surface area contributed by atoms with Crippen LogP contribution in [0.5, 0.6) is 0 Å². The minimum atomic E-state index is -0.929. The van der Waals surface area contributed by atoms with E-state index < -0.39 is 17.7 Å². The summed E-state index contributed by atoms with van der Waals surface area (Å²) in [5, 5.41) is 10.2. The van der Waals surface area contributed by atoms with Crippen molar-refractivity contribution < 1.29 is 13.9 Å². The molecule has 0 aliphatic carbocycles. The second-order valence-corrected chi connectivity index (χ2v) is 5.66. The van der Waals surface area contributed by atoms with Crippen LogP contribution in [0.1, 0.15) is 11.7 Å². The molecule has 0 saturated carbocycles. The normalized spacial score (nSPS) is 17.3. The molecule has 2 heterocycles. The molecule has 1 N–H and O–H groups in total. The van der Waals surface area contributed by atoms with Crippen LogP contribution in [0.3, 0.4) is 0 Å². The number of anilines is 1. The molecule has 23 heavy (non-hydrogen) atoms. The molecule has 1 aliphatic heterocycles. The van der Waals surface area contributed by atoms with Crippen LogP contribution in [-0.2, 0) is 0 Å². The number of aromatic nitrogens is 1. The first-order chi connectivity index (χ1) is 11.1. The molecule has 1 unspecified atom stereocenters. The van der Waals surface area contributed by atoms with Crippen molar-refractivity contribution in [3.63, 3.8) is 0 Å². The Morgan fingerprint density at radius 2 is 1.83 bits per heavy atom. The minimum Gasteiger partial charge on any atom is -0.387 e. The van der Waals surface area contributed by atoms with Gasteiger partial charge in [-0.15, -0.1) is 0 Å². The van der Waals surface area contributed by atoms with Crippen LogP contribution in [-0.4, -0.2) is 47.7 Å². The van der Waals surface area contributed by atoms with Gasteiger partial charge < -0.3 is 10.0 Å². The first-order valence-electron chi connectivity index (χ1n) is 7.65. The summed E-state index contributed by atoms with van der Waals surface area (Å²) in [6, 6.07) is 9.36. The van der Waals surface area contributed by atoms with Crippen molar-refractivity contribution in [1.82, 2.24) is 9.88 Å². The molecule has 4 nitrogen and oxygen atoms in total. The number of halogens is 2. The van der Waals surface area contributed by atoms with Crippen molar-refractivity contribution in [3.05, 3.63) is 59.8 Å². The second-order valence-electron chi connectivity index (χ2n) is 5.66. The number of pyridine rings is 1. The van der Waals surface area contributed by atoms with E-state index in [1.165, 1.54) is 6.07 Å². The van der Waals surface area contributed by atoms with Crippen molar-refractivity contribution in [1.29, 1.82) is 0 Å². The zero-order valence-electron chi connectivity index (χ0n) is 12.7. The van der Waals surface area contributed by atoms with Gasteiger partial charge in [0.05, 0.1) is 6.10 Å². The fraction of sp³-hybridized carbons (Fsp3) is 0.353. The summed E-state index contributed by atoms with van der Waals surface area (Å²) in [7, 11) is 0. The highest BCUT2D eigenvalue weighted by Crippen LogP contribution is 2.19. The van der Waals surface area contributed by atoms with Gasteiger partial charge in [-0.2, -0.15) is 0 Å². The minimum absolute atomic E-state index is 0.399. The molecule has 122 valence electrons. The van der Waals surface area contributed by atoms with Gasteiger partial charge >= 0.3 is 0 Å². The lowest BCUT2D eigenvalue weighted by Crippen LogP contribution is -2.47. The number of rotatable bonds is 4. The lowest BCUT2D eigenvalue weighted by molar-refractivity contribution is 0.109. The molecular formula is C17H19F2N3O. The lowest BCUT2D eigenvalue weighted by Gasteiger charge is -2.36. The fourth-order valence-electron chi connectivity index (χ4n) is 2.77. The van der Waals surface area contributed by atoms with Crippen molar-refractivity contribution in [2.75, 3.05) is 37.6 Å². The maximum atomic E-state index is 13.2. The van der Waals surface area contributed by atoms with Crippen LogP contribution < -0.4 is 4.90 Å². The van der Waals surface area contributed by atoms with E-state index in [4.69, 9.17) is 0 Å². The maximum Gasteiger partial charge on any atom is 0.159 e. The monoisotopic (exact) mass is 319 g/mol. The van der Waals surface area contributed by atoms with Crippen molar-refractivity contribution in [3.8, 4) is 0 Å². The first kappa shape index (κ1) is 15.8. The number of nitrogens with zero attached hydrogens (tertiary/aromatic N) is 3. The summed E-state index contributed by atoms with van der Waals surface area (Å²) in [6.07, 6.45) is 0.945. The molecule has 1 aromatic heterocycles. The summed E-state index contributed by atoms with van der Waals surface area (Å²) in [5.41, 5.74) is 0.399. The largest absolute Gasteiger partial charge is 0.387 e. The molecule has 3 rings (SSSR count). The van der Waals surface area contributed by atoms with Crippen LogP contribution in [0, 0.1) is 11.6 Å². The molecule has 0 radical (unpaired) electrons. The molecular weight excluding hydrogens is 300 g/mol. The Bertz CT molecular complexity index is 646. The smallest absolute Gasteiger partial charge is 0.159 e. The Labute approximate surface area is 134 Å². The van der Waals surface area contributed by atoms with Crippen molar-refractivity contribution >= 4 is 5.82 Å². The quantitative estimate of drug-likeness (QED) is 0.938. The van der Waals surface area contributed by atoms with Gasteiger partial charge in [0.2, 0.25) is 0 Å². The predicted octanol–water partition coefficient (Wildman–Crippen LogP) is 2.22. The van der Waals surface area contributed by atoms with Crippen LogP contribution in [0.2, 0.25) is 0 Å². The average Bonchev–Trinajstić information content (AvgIpc) is 2.59. The van der Waals surface area contributed by atoms with E-state index in [0.29, 0.717) is 12.1 Å². The van der Waals surface area contributed by atoms with E-state index >= 15 is 0 Å². The molecule has 1 aliphatic rings. The highest BCUT2D eigenvalue weighted by atomic mass is 19.2. The third-order valence-corrected chi connectivity index (χ3v) is 4.11. The Morgan fingerprint density at radius 1 is 1.04 bits per heavy atom.